The van der Waals surface area contributed by atoms with Gasteiger partial charge in [-0.15, -0.1) is 0 Å². The molecule has 0 spiro atoms. The topological polar surface area (TPSA) is 42.5 Å². The molecule has 5 heteroatoms. The van der Waals surface area contributed by atoms with Gasteiger partial charge in [-0.3, -0.25) is 9.96 Å². The highest BCUT2D eigenvalue weighted by atomic mass is 28.4. The minimum absolute atomic E-state index is 0.582. The van der Waals surface area contributed by atoms with E-state index in [0.717, 1.165) is 0 Å². The minimum Gasteiger partial charge on any atom is -0.371 e. The Hall–Kier alpha value is 0.0569. The summed E-state index contributed by atoms with van der Waals surface area (Å²) in [5.41, 5.74) is 0. The van der Waals surface area contributed by atoms with Crippen LogP contribution in [0.5, 0.6) is 0 Å². The first-order valence-electron chi connectivity index (χ1n) is 8.11. The fourth-order valence-corrected chi connectivity index (χ4v) is 6.30. The van der Waals surface area contributed by atoms with Gasteiger partial charge in [-0.1, -0.05) is 25.7 Å². The van der Waals surface area contributed by atoms with Gasteiger partial charge in [0, 0.05) is 25.3 Å². The summed E-state index contributed by atoms with van der Waals surface area (Å²) in [5.74, 6) is 0. The molecule has 0 aromatic heterocycles. The van der Waals surface area contributed by atoms with Gasteiger partial charge in [0.05, 0.1) is 0 Å². The largest absolute Gasteiger partial charge is 0.517 e. The molecule has 2 N–H and O–H groups in total. The van der Waals surface area contributed by atoms with Gasteiger partial charge in [0.1, 0.15) is 0 Å². The van der Waals surface area contributed by atoms with Gasteiger partial charge in [0.15, 0.2) is 0 Å². The van der Waals surface area contributed by atoms with Gasteiger partial charge in [-0.2, -0.15) is 0 Å². The molecule has 0 aliphatic heterocycles. The maximum Gasteiger partial charge on any atom is 0.517 e. The zero-order valence-electron chi connectivity index (χ0n) is 12.5. The lowest BCUT2D eigenvalue weighted by molar-refractivity contribution is 0.150. The van der Waals surface area contributed by atoms with E-state index >= 15 is 0 Å². The van der Waals surface area contributed by atoms with Crippen molar-refractivity contribution in [3.05, 3.63) is 0 Å². The van der Waals surface area contributed by atoms with Crippen LogP contribution in [-0.4, -0.2) is 34.2 Å². The van der Waals surface area contributed by atoms with Crippen molar-refractivity contribution in [2.24, 2.45) is 0 Å². The minimum atomic E-state index is -2.43. The van der Waals surface area contributed by atoms with E-state index in [1.807, 2.05) is 0 Å². The Morgan fingerprint density at radius 3 is 1.47 bits per heavy atom. The summed E-state index contributed by atoms with van der Waals surface area (Å²) in [6.45, 7) is 5.55. The van der Waals surface area contributed by atoms with Crippen LogP contribution < -0.4 is 9.96 Å². The summed E-state index contributed by atoms with van der Waals surface area (Å²) >= 11 is 0. The predicted molar refractivity (Wildman–Crippen MR) is 79.8 cm³/mol. The zero-order chi connectivity index (χ0) is 13.6. The number of nitrogens with one attached hydrogen (secondary N) is 2. The van der Waals surface area contributed by atoms with Crippen molar-refractivity contribution in [3.63, 3.8) is 0 Å². The molecule has 0 unspecified atom stereocenters. The molecule has 112 valence electrons. The Morgan fingerprint density at radius 1 is 0.789 bits per heavy atom. The summed E-state index contributed by atoms with van der Waals surface area (Å²) in [4.78, 5) is 7.48. The van der Waals surface area contributed by atoms with Crippen LogP contribution >= 0.6 is 0 Å². The SMILES string of the molecule is CCO[Si](NC1CCCC1)(NC1CCCC1)OCC. The lowest BCUT2D eigenvalue weighted by Gasteiger charge is -2.35. The summed E-state index contributed by atoms with van der Waals surface area (Å²) in [7, 11) is -2.43. The third-order valence-corrected chi connectivity index (χ3v) is 7.16. The first-order chi connectivity index (χ1) is 9.28. The molecule has 0 aromatic carbocycles. The number of rotatable bonds is 8. The molecule has 4 nitrogen and oxygen atoms in total. The van der Waals surface area contributed by atoms with E-state index in [1.165, 1.54) is 51.4 Å². The summed E-state index contributed by atoms with van der Waals surface area (Å²) < 4.78 is 12.2. The Morgan fingerprint density at radius 2 is 1.16 bits per heavy atom. The highest BCUT2D eigenvalue weighted by Crippen LogP contribution is 2.22. The van der Waals surface area contributed by atoms with Crippen LogP contribution in [0.3, 0.4) is 0 Å². The maximum atomic E-state index is 6.09. The van der Waals surface area contributed by atoms with Gasteiger partial charge < -0.3 is 8.85 Å². The Balaban J connectivity index is 1.98. The first kappa shape index (κ1) is 15.4. The van der Waals surface area contributed by atoms with Crippen LogP contribution in [0, 0.1) is 0 Å². The van der Waals surface area contributed by atoms with E-state index in [4.69, 9.17) is 8.85 Å². The monoisotopic (exact) mass is 286 g/mol. The van der Waals surface area contributed by atoms with Crippen molar-refractivity contribution in [1.82, 2.24) is 9.96 Å². The molecule has 2 aliphatic carbocycles. The lowest BCUT2D eigenvalue weighted by atomic mass is 10.3. The van der Waals surface area contributed by atoms with Crippen molar-refractivity contribution in [2.75, 3.05) is 13.2 Å². The normalized spacial score (nSPS) is 22.4. The van der Waals surface area contributed by atoms with Crippen LogP contribution in [0.4, 0.5) is 0 Å². The van der Waals surface area contributed by atoms with Crippen molar-refractivity contribution in [2.45, 2.75) is 77.3 Å². The molecule has 0 aromatic rings. The van der Waals surface area contributed by atoms with Crippen LogP contribution in [-0.2, 0) is 8.85 Å². The average molecular weight is 286 g/mol. The van der Waals surface area contributed by atoms with E-state index in [0.29, 0.717) is 25.3 Å². The molecule has 19 heavy (non-hydrogen) atoms. The van der Waals surface area contributed by atoms with E-state index in [9.17, 15) is 0 Å². The number of hydrogen-bond donors (Lipinski definition) is 2. The van der Waals surface area contributed by atoms with Crippen LogP contribution in [0.1, 0.15) is 65.2 Å². The second-order valence-corrected chi connectivity index (χ2v) is 8.12. The molecule has 0 atom stereocenters. The van der Waals surface area contributed by atoms with E-state index in [-0.39, 0.29) is 0 Å². The van der Waals surface area contributed by atoms with Gasteiger partial charge in [-0.05, 0) is 39.5 Å². The molecular formula is C14H30N2O2Si. The van der Waals surface area contributed by atoms with Crippen LogP contribution in [0.2, 0.25) is 0 Å². The van der Waals surface area contributed by atoms with Gasteiger partial charge in [0.2, 0.25) is 0 Å². The molecule has 0 heterocycles. The van der Waals surface area contributed by atoms with Crippen molar-refractivity contribution < 1.29 is 8.85 Å². The second kappa shape index (κ2) is 7.74. The summed E-state index contributed by atoms with van der Waals surface area (Å²) in [6, 6.07) is 1.16. The predicted octanol–water partition coefficient (Wildman–Crippen LogP) is 2.56. The van der Waals surface area contributed by atoms with Crippen LogP contribution in [0.25, 0.3) is 0 Å². The molecule has 0 bridgehead atoms. The Labute approximate surface area is 119 Å². The van der Waals surface area contributed by atoms with Crippen molar-refractivity contribution in [1.29, 1.82) is 0 Å². The second-order valence-electron chi connectivity index (χ2n) is 5.73. The Kier molecular flexibility index (Phi) is 6.29. The lowest BCUT2D eigenvalue weighted by Crippen LogP contribution is -2.71. The fourth-order valence-electron chi connectivity index (χ4n) is 3.33. The smallest absolute Gasteiger partial charge is 0.371 e. The quantitative estimate of drug-likeness (QED) is 0.673. The average Bonchev–Trinajstić information content (AvgIpc) is 3.03. The number of hydrogen-bond acceptors (Lipinski definition) is 4. The standard InChI is InChI=1S/C14H30N2O2Si/c1-3-17-19(18-4-2,15-13-9-5-6-10-13)16-14-11-7-8-12-14/h13-16H,3-12H2,1-2H3. The molecule has 0 amide bonds. The third kappa shape index (κ3) is 4.53. The molecule has 2 saturated carbocycles. The van der Waals surface area contributed by atoms with E-state index in [1.54, 1.807) is 0 Å². The van der Waals surface area contributed by atoms with E-state index < -0.39 is 8.88 Å². The highest BCUT2D eigenvalue weighted by Gasteiger charge is 2.43. The van der Waals surface area contributed by atoms with Crippen molar-refractivity contribution >= 4 is 8.88 Å². The molecule has 2 aliphatic rings. The van der Waals surface area contributed by atoms with Gasteiger partial charge in [-0.25, -0.2) is 0 Å². The van der Waals surface area contributed by atoms with Crippen molar-refractivity contribution in [3.8, 4) is 0 Å². The van der Waals surface area contributed by atoms with E-state index in [2.05, 4.69) is 23.8 Å². The maximum absolute atomic E-state index is 6.09. The molecule has 2 fully saturated rings. The molecule has 0 saturated heterocycles. The van der Waals surface area contributed by atoms with Gasteiger partial charge in [0.25, 0.3) is 0 Å². The van der Waals surface area contributed by atoms with Gasteiger partial charge >= 0.3 is 8.88 Å². The zero-order valence-corrected chi connectivity index (χ0v) is 13.5. The first-order valence-corrected chi connectivity index (χ1v) is 9.93. The fraction of sp³-hybridized carbons (Fsp3) is 1.00. The molecule has 0 radical (unpaired) electrons. The molecule has 2 rings (SSSR count). The summed E-state index contributed by atoms with van der Waals surface area (Å²) in [6.07, 6.45) is 10.4. The van der Waals surface area contributed by atoms with Crippen LogP contribution in [0.15, 0.2) is 0 Å². The molecular weight excluding hydrogens is 256 g/mol. The highest BCUT2D eigenvalue weighted by molar-refractivity contribution is 6.62. The third-order valence-electron chi connectivity index (χ3n) is 4.19. The summed E-state index contributed by atoms with van der Waals surface area (Å²) in [5, 5.41) is 0. The Bertz CT molecular complexity index is 228.